The van der Waals surface area contributed by atoms with Gasteiger partial charge in [0.1, 0.15) is 0 Å². The van der Waals surface area contributed by atoms with Crippen molar-refractivity contribution in [3.8, 4) is 0 Å². The van der Waals surface area contributed by atoms with E-state index in [-0.39, 0.29) is 12.0 Å². The molecule has 0 aliphatic carbocycles. The fourth-order valence-electron chi connectivity index (χ4n) is 2.55. The topological polar surface area (TPSA) is 54.0 Å². The number of morpholine rings is 1. The molecule has 2 rings (SSSR count). The molecule has 0 aromatic carbocycles. The maximum atomic E-state index is 12.2. The zero-order valence-electron chi connectivity index (χ0n) is 11.8. The van der Waals surface area contributed by atoms with Crippen LogP contribution in [-0.4, -0.2) is 87.9 Å². The number of amides is 1. The number of nitrogens with one attached hydrogen (secondary N) is 1. The van der Waals surface area contributed by atoms with Crippen LogP contribution in [0.25, 0.3) is 0 Å². The molecule has 0 aromatic rings. The van der Waals surface area contributed by atoms with Crippen molar-refractivity contribution in [2.75, 3.05) is 66.1 Å². The minimum Gasteiger partial charge on any atom is -0.385 e. The molecule has 2 fully saturated rings. The van der Waals surface area contributed by atoms with Crippen LogP contribution in [0.3, 0.4) is 0 Å². The molecule has 6 heteroatoms. The highest BCUT2D eigenvalue weighted by molar-refractivity contribution is 5.78. The van der Waals surface area contributed by atoms with Crippen LogP contribution in [0.2, 0.25) is 0 Å². The molecule has 19 heavy (non-hydrogen) atoms. The van der Waals surface area contributed by atoms with Crippen molar-refractivity contribution in [3.05, 3.63) is 0 Å². The van der Waals surface area contributed by atoms with Gasteiger partial charge in [0.2, 0.25) is 5.91 Å². The van der Waals surface area contributed by atoms with Gasteiger partial charge in [-0.3, -0.25) is 9.69 Å². The van der Waals surface area contributed by atoms with E-state index in [0.717, 1.165) is 45.7 Å². The van der Waals surface area contributed by atoms with E-state index in [2.05, 4.69) is 10.2 Å². The van der Waals surface area contributed by atoms with Gasteiger partial charge in [-0.1, -0.05) is 0 Å². The second-order valence-corrected chi connectivity index (χ2v) is 5.14. The van der Waals surface area contributed by atoms with Crippen LogP contribution >= 0.6 is 0 Å². The Hall–Kier alpha value is -0.690. The molecule has 0 spiro atoms. The Labute approximate surface area is 115 Å². The highest BCUT2D eigenvalue weighted by Crippen LogP contribution is 2.09. The number of hydrogen-bond donors (Lipinski definition) is 1. The van der Waals surface area contributed by atoms with Crippen LogP contribution in [0, 0.1) is 0 Å². The van der Waals surface area contributed by atoms with E-state index in [0.29, 0.717) is 19.8 Å². The third kappa shape index (κ3) is 4.72. The predicted molar refractivity (Wildman–Crippen MR) is 72.1 cm³/mol. The van der Waals surface area contributed by atoms with Gasteiger partial charge in [-0.2, -0.15) is 0 Å². The lowest BCUT2D eigenvalue weighted by Gasteiger charge is -2.35. The molecule has 0 saturated carbocycles. The zero-order valence-corrected chi connectivity index (χ0v) is 11.8. The first-order valence-corrected chi connectivity index (χ1v) is 7.11. The summed E-state index contributed by atoms with van der Waals surface area (Å²) in [5.74, 6) is 0.244. The molecular weight excluding hydrogens is 246 g/mol. The lowest BCUT2D eigenvalue weighted by Crippen LogP contribution is -2.52. The SMILES string of the molecule is COCCC1CN(CC(=O)N2CCNCC2)CCO1. The van der Waals surface area contributed by atoms with Gasteiger partial charge in [-0.15, -0.1) is 0 Å². The second-order valence-electron chi connectivity index (χ2n) is 5.14. The smallest absolute Gasteiger partial charge is 0.236 e. The van der Waals surface area contributed by atoms with Crippen molar-refractivity contribution < 1.29 is 14.3 Å². The van der Waals surface area contributed by atoms with Crippen LogP contribution in [0.5, 0.6) is 0 Å². The fourth-order valence-corrected chi connectivity index (χ4v) is 2.55. The molecule has 1 unspecified atom stereocenters. The van der Waals surface area contributed by atoms with Crippen molar-refractivity contribution in [2.45, 2.75) is 12.5 Å². The molecule has 1 amide bonds. The Morgan fingerprint density at radius 1 is 1.37 bits per heavy atom. The second kappa shape index (κ2) is 7.79. The van der Waals surface area contributed by atoms with Crippen LogP contribution in [0.4, 0.5) is 0 Å². The van der Waals surface area contributed by atoms with Crippen molar-refractivity contribution >= 4 is 5.91 Å². The monoisotopic (exact) mass is 271 g/mol. The van der Waals surface area contributed by atoms with E-state index in [1.54, 1.807) is 7.11 Å². The summed E-state index contributed by atoms with van der Waals surface area (Å²) in [5, 5.41) is 3.26. The molecule has 0 radical (unpaired) electrons. The average Bonchev–Trinajstić information content (AvgIpc) is 2.46. The first-order chi connectivity index (χ1) is 9.29. The Morgan fingerprint density at radius 3 is 2.89 bits per heavy atom. The summed E-state index contributed by atoms with van der Waals surface area (Å²) in [7, 11) is 1.70. The molecule has 1 atom stereocenters. The average molecular weight is 271 g/mol. The number of piperazine rings is 1. The van der Waals surface area contributed by atoms with Gasteiger partial charge in [0.05, 0.1) is 19.3 Å². The first kappa shape index (κ1) is 14.7. The lowest BCUT2D eigenvalue weighted by molar-refractivity contribution is -0.135. The first-order valence-electron chi connectivity index (χ1n) is 7.11. The molecule has 2 heterocycles. The van der Waals surface area contributed by atoms with Crippen molar-refractivity contribution in [1.82, 2.24) is 15.1 Å². The molecule has 2 saturated heterocycles. The van der Waals surface area contributed by atoms with Crippen LogP contribution < -0.4 is 5.32 Å². The van der Waals surface area contributed by atoms with Crippen molar-refractivity contribution in [1.29, 1.82) is 0 Å². The largest absolute Gasteiger partial charge is 0.385 e. The van der Waals surface area contributed by atoms with Crippen LogP contribution in [-0.2, 0) is 14.3 Å². The Morgan fingerprint density at radius 2 is 2.16 bits per heavy atom. The van der Waals surface area contributed by atoms with Crippen LogP contribution in [0.15, 0.2) is 0 Å². The number of carbonyl (C=O) groups is 1. The maximum Gasteiger partial charge on any atom is 0.236 e. The summed E-state index contributed by atoms with van der Waals surface area (Å²) in [6.07, 6.45) is 1.10. The number of nitrogens with zero attached hydrogens (tertiary/aromatic N) is 2. The van der Waals surface area contributed by atoms with E-state index in [1.807, 2.05) is 4.90 Å². The lowest BCUT2D eigenvalue weighted by atomic mass is 10.2. The van der Waals surface area contributed by atoms with Gasteiger partial charge in [-0.05, 0) is 6.42 Å². The number of ether oxygens (including phenoxy) is 2. The number of rotatable bonds is 5. The third-order valence-corrected chi connectivity index (χ3v) is 3.70. The zero-order chi connectivity index (χ0) is 13.5. The molecular formula is C13H25N3O3. The molecule has 0 bridgehead atoms. The molecule has 6 nitrogen and oxygen atoms in total. The minimum atomic E-state index is 0.199. The number of methoxy groups -OCH3 is 1. The quantitative estimate of drug-likeness (QED) is 0.706. The van der Waals surface area contributed by atoms with Gasteiger partial charge >= 0.3 is 0 Å². The summed E-state index contributed by atoms with van der Waals surface area (Å²) in [6, 6.07) is 0. The van der Waals surface area contributed by atoms with E-state index in [9.17, 15) is 4.79 Å². The minimum absolute atomic E-state index is 0.199. The summed E-state index contributed by atoms with van der Waals surface area (Å²) < 4.78 is 10.8. The van der Waals surface area contributed by atoms with Gasteiger partial charge in [0, 0.05) is 53.0 Å². The molecule has 110 valence electrons. The third-order valence-electron chi connectivity index (χ3n) is 3.70. The summed E-state index contributed by atoms with van der Waals surface area (Å²) in [5.41, 5.74) is 0. The predicted octanol–water partition coefficient (Wildman–Crippen LogP) is -0.844. The van der Waals surface area contributed by atoms with E-state index in [1.165, 1.54) is 0 Å². The van der Waals surface area contributed by atoms with Crippen LogP contribution in [0.1, 0.15) is 6.42 Å². The van der Waals surface area contributed by atoms with Gasteiger partial charge in [-0.25, -0.2) is 0 Å². The van der Waals surface area contributed by atoms with E-state index >= 15 is 0 Å². The van der Waals surface area contributed by atoms with E-state index in [4.69, 9.17) is 9.47 Å². The molecule has 2 aliphatic heterocycles. The molecule has 2 aliphatic rings. The van der Waals surface area contributed by atoms with E-state index < -0.39 is 0 Å². The van der Waals surface area contributed by atoms with Gasteiger partial charge in [0.15, 0.2) is 0 Å². The highest BCUT2D eigenvalue weighted by Gasteiger charge is 2.24. The number of carbonyl (C=O) groups excluding carboxylic acids is 1. The normalized spacial score (nSPS) is 25.5. The molecule has 1 N–H and O–H groups in total. The fraction of sp³-hybridized carbons (Fsp3) is 0.923. The highest BCUT2D eigenvalue weighted by atomic mass is 16.5. The van der Waals surface area contributed by atoms with Crippen molar-refractivity contribution in [2.24, 2.45) is 0 Å². The maximum absolute atomic E-state index is 12.2. The van der Waals surface area contributed by atoms with Crippen molar-refractivity contribution in [3.63, 3.8) is 0 Å². The Balaban J connectivity index is 1.73. The van der Waals surface area contributed by atoms with Gasteiger partial charge < -0.3 is 19.7 Å². The summed E-state index contributed by atoms with van der Waals surface area (Å²) in [4.78, 5) is 16.3. The number of hydrogen-bond acceptors (Lipinski definition) is 5. The standard InChI is InChI=1S/C13H25N3O3/c1-18-8-2-12-10-15(7-9-19-12)11-13(17)16-5-3-14-4-6-16/h12,14H,2-11H2,1H3. The summed E-state index contributed by atoms with van der Waals surface area (Å²) in [6.45, 7) is 7.10. The Bertz CT molecular complexity index is 282. The Kier molecular flexibility index (Phi) is 6.03. The molecule has 0 aromatic heterocycles. The summed E-state index contributed by atoms with van der Waals surface area (Å²) >= 11 is 0. The van der Waals surface area contributed by atoms with Gasteiger partial charge in [0.25, 0.3) is 0 Å².